The second kappa shape index (κ2) is 6.04. The summed E-state index contributed by atoms with van der Waals surface area (Å²) in [5, 5.41) is 9.67. The molecule has 2 rings (SSSR count). The summed E-state index contributed by atoms with van der Waals surface area (Å²) in [5.41, 5.74) is -0.349. The number of aryl methyl sites for hydroxylation is 1. The van der Waals surface area contributed by atoms with Gasteiger partial charge in [-0.2, -0.15) is 0 Å². The number of halogens is 1. The third kappa shape index (κ3) is 3.36. The topological polar surface area (TPSA) is 67.5 Å². The molecule has 5 heteroatoms. The molecule has 1 aromatic carbocycles. The number of hydrogen-bond acceptors (Lipinski definition) is 4. The molecule has 0 fully saturated rings. The third-order valence-electron chi connectivity index (χ3n) is 2.58. The Kier molecular flexibility index (Phi) is 4.39. The van der Waals surface area contributed by atoms with E-state index in [0.717, 1.165) is 9.13 Å². The molecule has 0 aliphatic carbocycles. The summed E-state index contributed by atoms with van der Waals surface area (Å²) in [6.07, 6.45) is 2.83. The molecule has 4 nitrogen and oxygen atoms in total. The highest BCUT2D eigenvalue weighted by Gasteiger charge is 2.15. The standard InChI is InChI=1S/C15H11IO4/c1-9-7-13(18)14(15(19)20-9)12(17)6-5-10-3-2-4-11(16)8-10/h2-8,18H,1H3/b6-5+. The van der Waals surface area contributed by atoms with Crippen molar-refractivity contribution < 1.29 is 14.3 Å². The SMILES string of the molecule is Cc1cc(O)c(C(=O)/C=C/c2cccc(I)c2)c(=O)o1. The van der Waals surface area contributed by atoms with Crippen LogP contribution in [0.2, 0.25) is 0 Å². The number of benzene rings is 1. The molecular formula is C15H11IO4. The molecule has 20 heavy (non-hydrogen) atoms. The predicted molar refractivity (Wildman–Crippen MR) is 83.9 cm³/mol. The summed E-state index contributed by atoms with van der Waals surface area (Å²) in [6, 6.07) is 8.77. The van der Waals surface area contributed by atoms with Crippen molar-refractivity contribution in [3.8, 4) is 5.75 Å². The Labute approximate surface area is 128 Å². The van der Waals surface area contributed by atoms with Crippen molar-refractivity contribution in [3.63, 3.8) is 0 Å². The smallest absolute Gasteiger partial charge is 0.351 e. The minimum Gasteiger partial charge on any atom is -0.507 e. The Hall–Kier alpha value is -1.89. The van der Waals surface area contributed by atoms with Crippen LogP contribution in [0.15, 0.2) is 45.6 Å². The number of ketones is 1. The van der Waals surface area contributed by atoms with Gasteiger partial charge < -0.3 is 9.52 Å². The minimum atomic E-state index is -0.834. The first kappa shape index (κ1) is 14.5. The van der Waals surface area contributed by atoms with Crippen molar-refractivity contribution in [2.45, 2.75) is 6.92 Å². The van der Waals surface area contributed by atoms with Crippen LogP contribution in [0.25, 0.3) is 6.08 Å². The van der Waals surface area contributed by atoms with Gasteiger partial charge in [0.1, 0.15) is 17.1 Å². The van der Waals surface area contributed by atoms with Gasteiger partial charge in [-0.1, -0.05) is 18.2 Å². The Bertz CT molecular complexity index is 744. The molecule has 0 spiro atoms. The fourth-order valence-corrected chi connectivity index (χ4v) is 2.26. The summed E-state index contributed by atoms with van der Waals surface area (Å²) in [6.45, 7) is 1.52. The number of carbonyl (C=O) groups excluding carboxylic acids is 1. The first-order valence-corrected chi connectivity index (χ1v) is 6.87. The predicted octanol–water partition coefficient (Wildman–Crippen LogP) is 3.15. The van der Waals surface area contributed by atoms with Gasteiger partial charge in [0.15, 0.2) is 5.78 Å². The Morgan fingerprint density at radius 3 is 2.75 bits per heavy atom. The molecule has 0 aliphatic heterocycles. The van der Waals surface area contributed by atoms with Gasteiger partial charge >= 0.3 is 5.63 Å². The summed E-state index contributed by atoms with van der Waals surface area (Å²) in [4.78, 5) is 23.5. The lowest BCUT2D eigenvalue weighted by atomic mass is 10.1. The van der Waals surface area contributed by atoms with Gasteiger partial charge in [-0.05, 0) is 53.3 Å². The van der Waals surface area contributed by atoms with Crippen LogP contribution in [0.3, 0.4) is 0 Å². The zero-order chi connectivity index (χ0) is 14.7. The maximum absolute atomic E-state index is 11.9. The van der Waals surface area contributed by atoms with Gasteiger partial charge in [0.05, 0.1) is 0 Å². The van der Waals surface area contributed by atoms with Crippen LogP contribution in [0, 0.1) is 10.5 Å². The van der Waals surface area contributed by atoms with E-state index in [1.165, 1.54) is 19.1 Å². The van der Waals surface area contributed by atoms with Crippen molar-refractivity contribution in [1.82, 2.24) is 0 Å². The van der Waals surface area contributed by atoms with E-state index in [9.17, 15) is 14.7 Å². The first-order valence-electron chi connectivity index (χ1n) is 5.79. The molecule has 1 N–H and O–H groups in total. The molecule has 0 saturated carbocycles. The first-order chi connectivity index (χ1) is 9.47. The molecule has 0 atom stereocenters. The van der Waals surface area contributed by atoms with E-state index >= 15 is 0 Å². The lowest BCUT2D eigenvalue weighted by Crippen LogP contribution is -2.12. The van der Waals surface area contributed by atoms with E-state index in [2.05, 4.69) is 22.6 Å². The van der Waals surface area contributed by atoms with Crippen LogP contribution in [-0.2, 0) is 0 Å². The average Bonchev–Trinajstić information content (AvgIpc) is 2.35. The van der Waals surface area contributed by atoms with Crippen LogP contribution < -0.4 is 5.63 Å². The van der Waals surface area contributed by atoms with Crippen molar-refractivity contribution in [1.29, 1.82) is 0 Å². The highest BCUT2D eigenvalue weighted by molar-refractivity contribution is 14.1. The molecule has 0 bridgehead atoms. The largest absolute Gasteiger partial charge is 0.507 e. The number of rotatable bonds is 3. The monoisotopic (exact) mass is 382 g/mol. The zero-order valence-electron chi connectivity index (χ0n) is 10.6. The second-order valence-electron chi connectivity index (χ2n) is 4.16. The molecule has 0 amide bonds. The molecule has 0 unspecified atom stereocenters. The van der Waals surface area contributed by atoms with Gasteiger partial charge in [-0.15, -0.1) is 0 Å². The third-order valence-corrected chi connectivity index (χ3v) is 3.25. The quantitative estimate of drug-likeness (QED) is 0.503. The van der Waals surface area contributed by atoms with Gasteiger partial charge in [-0.3, -0.25) is 4.79 Å². The summed E-state index contributed by atoms with van der Waals surface area (Å²) < 4.78 is 5.85. The Balaban J connectivity index is 2.32. The summed E-state index contributed by atoms with van der Waals surface area (Å²) >= 11 is 2.16. The van der Waals surface area contributed by atoms with Crippen molar-refractivity contribution in [3.05, 3.63) is 67.3 Å². The van der Waals surface area contributed by atoms with Crippen LogP contribution in [0.1, 0.15) is 21.7 Å². The van der Waals surface area contributed by atoms with Crippen molar-refractivity contribution in [2.75, 3.05) is 0 Å². The van der Waals surface area contributed by atoms with E-state index in [0.29, 0.717) is 0 Å². The normalized spacial score (nSPS) is 10.9. The van der Waals surface area contributed by atoms with Gasteiger partial charge in [0.2, 0.25) is 0 Å². The van der Waals surface area contributed by atoms with E-state index in [4.69, 9.17) is 4.42 Å². The van der Waals surface area contributed by atoms with E-state index in [1.807, 2.05) is 24.3 Å². The molecular weight excluding hydrogens is 371 g/mol. The van der Waals surface area contributed by atoms with Crippen LogP contribution in [-0.4, -0.2) is 10.9 Å². The number of carbonyl (C=O) groups is 1. The Morgan fingerprint density at radius 1 is 1.35 bits per heavy atom. The van der Waals surface area contributed by atoms with Crippen molar-refractivity contribution in [2.24, 2.45) is 0 Å². The molecule has 102 valence electrons. The van der Waals surface area contributed by atoms with Gasteiger partial charge in [0, 0.05) is 9.64 Å². The van der Waals surface area contributed by atoms with Gasteiger partial charge in [0.25, 0.3) is 0 Å². The molecule has 1 aromatic heterocycles. The van der Waals surface area contributed by atoms with Gasteiger partial charge in [-0.25, -0.2) is 4.79 Å². The van der Waals surface area contributed by atoms with E-state index in [-0.39, 0.29) is 17.1 Å². The maximum Gasteiger partial charge on any atom is 0.351 e. The summed E-state index contributed by atoms with van der Waals surface area (Å²) in [7, 11) is 0. The Morgan fingerprint density at radius 2 is 2.10 bits per heavy atom. The second-order valence-corrected chi connectivity index (χ2v) is 5.40. The number of aromatic hydroxyl groups is 1. The molecule has 0 radical (unpaired) electrons. The average molecular weight is 382 g/mol. The van der Waals surface area contributed by atoms with Crippen LogP contribution in [0.5, 0.6) is 5.75 Å². The van der Waals surface area contributed by atoms with Crippen LogP contribution in [0.4, 0.5) is 0 Å². The zero-order valence-corrected chi connectivity index (χ0v) is 12.7. The van der Waals surface area contributed by atoms with E-state index in [1.54, 1.807) is 6.08 Å². The molecule has 0 saturated heterocycles. The highest BCUT2D eigenvalue weighted by Crippen LogP contribution is 2.16. The van der Waals surface area contributed by atoms with Crippen molar-refractivity contribution >= 4 is 34.5 Å². The molecule has 1 heterocycles. The molecule has 2 aromatic rings. The van der Waals surface area contributed by atoms with Crippen LogP contribution >= 0.6 is 22.6 Å². The number of allylic oxidation sites excluding steroid dienone is 1. The fourth-order valence-electron chi connectivity index (χ4n) is 1.69. The lowest BCUT2D eigenvalue weighted by Gasteiger charge is -2.00. The summed E-state index contributed by atoms with van der Waals surface area (Å²) in [5.74, 6) is -0.697. The highest BCUT2D eigenvalue weighted by atomic mass is 127. The van der Waals surface area contributed by atoms with E-state index < -0.39 is 11.4 Å². The maximum atomic E-state index is 11.9. The number of hydrogen-bond donors (Lipinski definition) is 1. The fraction of sp³-hybridized carbons (Fsp3) is 0.0667. The molecule has 0 aliphatic rings. The lowest BCUT2D eigenvalue weighted by molar-refractivity contribution is 0.104. The minimum absolute atomic E-state index is 0.255.